The first-order valence-corrected chi connectivity index (χ1v) is 7.54. The van der Waals surface area contributed by atoms with Crippen LogP contribution in [-0.2, 0) is 6.42 Å². The van der Waals surface area contributed by atoms with Gasteiger partial charge in [0.2, 0.25) is 0 Å². The van der Waals surface area contributed by atoms with E-state index in [-0.39, 0.29) is 6.04 Å². The van der Waals surface area contributed by atoms with Crippen molar-refractivity contribution >= 4 is 0 Å². The zero-order chi connectivity index (χ0) is 15.3. The monoisotopic (exact) mass is 297 g/mol. The number of benzene rings is 2. The lowest BCUT2D eigenvalue weighted by Gasteiger charge is -2.38. The molecule has 4 heteroatoms. The summed E-state index contributed by atoms with van der Waals surface area (Å²) in [6, 6.07) is 9.94. The van der Waals surface area contributed by atoms with Crippen molar-refractivity contribution in [2.45, 2.75) is 18.6 Å². The summed E-state index contributed by atoms with van der Waals surface area (Å²) in [5.74, 6) is 1.50. The normalized spacial score (nSPS) is 21.8. The molecule has 4 rings (SSSR count). The summed E-state index contributed by atoms with van der Waals surface area (Å²) in [6.45, 7) is 0.853. The highest BCUT2D eigenvalue weighted by atomic mass is 16.5. The van der Waals surface area contributed by atoms with Gasteiger partial charge in [-0.25, -0.2) is 0 Å². The number of methoxy groups -OCH3 is 2. The van der Waals surface area contributed by atoms with Crippen LogP contribution < -0.4 is 14.8 Å². The molecule has 0 saturated heterocycles. The van der Waals surface area contributed by atoms with Crippen molar-refractivity contribution in [1.82, 2.24) is 5.32 Å². The van der Waals surface area contributed by atoms with Gasteiger partial charge in [0.1, 0.15) is 0 Å². The average Bonchev–Trinajstić information content (AvgIpc) is 2.58. The number of hydrogen-bond donors (Lipinski definition) is 2. The molecule has 1 aliphatic carbocycles. The van der Waals surface area contributed by atoms with Gasteiger partial charge in [-0.2, -0.15) is 0 Å². The summed E-state index contributed by atoms with van der Waals surface area (Å²) in [6.07, 6.45) is 0.384. The smallest absolute Gasteiger partial charge is 0.168 e. The van der Waals surface area contributed by atoms with Gasteiger partial charge in [0.25, 0.3) is 0 Å². The Hall–Kier alpha value is -2.04. The Balaban J connectivity index is 2.11. The maximum atomic E-state index is 10.8. The van der Waals surface area contributed by atoms with Crippen molar-refractivity contribution in [3.8, 4) is 22.6 Å². The molecule has 1 aliphatic heterocycles. The average molecular weight is 297 g/mol. The number of aliphatic hydroxyl groups excluding tert-OH is 1. The lowest BCUT2D eigenvalue weighted by atomic mass is 9.76. The fraction of sp³-hybridized carbons (Fsp3) is 0.333. The number of aliphatic hydroxyl groups is 1. The fourth-order valence-corrected chi connectivity index (χ4v) is 3.79. The van der Waals surface area contributed by atoms with Gasteiger partial charge >= 0.3 is 0 Å². The third-order valence-electron chi connectivity index (χ3n) is 4.73. The van der Waals surface area contributed by atoms with E-state index in [0.29, 0.717) is 0 Å². The van der Waals surface area contributed by atoms with Gasteiger partial charge in [-0.05, 0) is 41.3 Å². The first-order valence-electron chi connectivity index (χ1n) is 7.54. The molecule has 0 fully saturated rings. The molecule has 114 valence electrons. The molecule has 0 unspecified atom stereocenters. The number of rotatable bonds is 2. The first kappa shape index (κ1) is 13.6. The summed E-state index contributed by atoms with van der Waals surface area (Å²) in [4.78, 5) is 0. The lowest BCUT2D eigenvalue weighted by molar-refractivity contribution is 0.123. The van der Waals surface area contributed by atoms with Crippen molar-refractivity contribution in [1.29, 1.82) is 0 Å². The number of nitrogens with one attached hydrogen (secondary N) is 1. The molecule has 0 spiro atoms. The van der Waals surface area contributed by atoms with Crippen LogP contribution in [0.15, 0.2) is 30.3 Å². The van der Waals surface area contributed by atoms with Crippen LogP contribution in [0, 0.1) is 0 Å². The van der Waals surface area contributed by atoms with Crippen LogP contribution in [0.5, 0.6) is 11.5 Å². The molecule has 0 aromatic heterocycles. The van der Waals surface area contributed by atoms with Crippen molar-refractivity contribution in [2.24, 2.45) is 0 Å². The molecular weight excluding hydrogens is 278 g/mol. The molecule has 0 radical (unpaired) electrons. The van der Waals surface area contributed by atoms with Gasteiger partial charge in [-0.15, -0.1) is 0 Å². The van der Waals surface area contributed by atoms with E-state index >= 15 is 0 Å². The van der Waals surface area contributed by atoms with E-state index in [0.717, 1.165) is 46.7 Å². The molecule has 2 atom stereocenters. The molecule has 2 aromatic carbocycles. The molecule has 22 heavy (non-hydrogen) atoms. The van der Waals surface area contributed by atoms with Crippen molar-refractivity contribution < 1.29 is 14.6 Å². The standard InChI is InChI=1S/C18H19NO3/c1-21-13-9-10-7-8-19-16-14(10)15(18(13)22-2)11-5-3-4-6-12(11)17(16)20/h3-6,9,16-17,19-20H,7-8H2,1-2H3/t16-,17-/m0/s1. The summed E-state index contributed by atoms with van der Waals surface area (Å²) in [5.41, 5.74) is 5.39. The predicted molar refractivity (Wildman–Crippen MR) is 84.4 cm³/mol. The van der Waals surface area contributed by atoms with Crippen molar-refractivity contribution in [3.05, 3.63) is 47.0 Å². The van der Waals surface area contributed by atoms with Gasteiger partial charge in [-0.3, -0.25) is 0 Å². The predicted octanol–water partition coefficient (Wildman–Crippen LogP) is 2.60. The van der Waals surface area contributed by atoms with E-state index < -0.39 is 6.10 Å². The second-order valence-corrected chi connectivity index (χ2v) is 5.77. The van der Waals surface area contributed by atoms with Crippen LogP contribution >= 0.6 is 0 Å². The Morgan fingerprint density at radius 3 is 2.77 bits per heavy atom. The first-order chi connectivity index (χ1) is 10.8. The fourth-order valence-electron chi connectivity index (χ4n) is 3.79. The van der Waals surface area contributed by atoms with E-state index in [4.69, 9.17) is 9.47 Å². The Morgan fingerprint density at radius 1 is 1.18 bits per heavy atom. The highest BCUT2D eigenvalue weighted by molar-refractivity contribution is 5.84. The van der Waals surface area contributed by atoms with Crippen molar-refractivity contribution in [2.75, 3.05) is 20.8 Å². The number of ether oxygens (including phenoxy) is 2. The Kier molecular flexibility index (Phi) is 3.10. The van der Waals surface area contributed by atoms with Crippen LogP contribution in [0.4, 0.5) is 0 Å². The second kappa shape index (κ2) is 5.00. The molecule has 0 bridgehead atoms. The van der Waals surface area contributed by atoms with E-state index in [1.807, 2.05) is 30.3 Å². The third kappa shape index (κ3) is 1.71. The van der Waals surface area contributed by atoms with Crippen LogP contribution in [0.3, 0.4) is 0 Å². The minimum Gasteiger partial charge on any atom is -0.493 e. The van der Waals surface area contributed by atoms with Gasteiger partial charge in [-0.1, -0.05) is 24.3 Å². The largest absolute Gasteiger partial charge is 0.493 e. The van der Waals surface area contributed by atoms with Crippen LogP contribution in [0.2, 0.25) is 0 Å². The zero-order valence-electron chi connectivity index (χ0n) is 12.7. The second-order valence-electron chi connectivity index (χ2n) is 5.77. The lowest BCUT2D eigenvalue weighted by Crippen LogP contribution is -2.36. The summed E-state index contributed by atoms with van der Waals surface area (Å²) in [5, 5.41) is 14.2. The topological polar surface area (TPSA) is 50.7 Å². The van der Waals surface area contributed by atoms with Crippen molar-refractivity contribution in [3.63, 3.8) is 0 Å². The summed E-state index contributed by atoms with van der Waals surface area (Å²) < 4.78 is 11.2. The summed E-state index contributed by atoms with van der Waals surface area (Å²) >= 11 is 0. The van der Waals surface area contributed by atoms with Crippen LogP contribution in [0.1, 0.15) is 28.8 Å². The highest BCUT2D eigenvalue weighted by Gasteiger charge is 2.38. The molecule has 2 N–H and O–H groups in total. The Bertz CT molecular complexity index is 741. The van der Waals surface area contributed by atoms with Gasteiger partial charge < -0.3 is 19.9 Å². The molecule has 1 heterocycles. The zero-order valence-corrected chi connectivity index (χ0v) is 12.7. The Labute approximate surface area is 129 Å². The molecule has 0 amide bonds. The van der Waals surface area contributed by atoms with E-state index in [1.165, 1.54) is 5.56 Å². The van der Waals surface area contributed by atoms with Gasteiger partial charge in [0.05, 0.1) is 26.4 Å². The van der Waals surface area contributed by atoms with Gasteiger partial charge in [0, 0.05) is 5.56 Å². The number of hydrogen-bond acceptors (Lipinski definition) is 4. The minimum absolute atomic E-state index is 0.0894. The van der Waals surface area contributed by atoms with E-state index in [1.54, 1.807) is 14.2 Å². The van der Waals surface area contributed by atoms with E-state index in [2.05, 4.69) is 5.32 Å². The SMILES string of the molecule is COc1cc2c3c(c1OC)-c1ccccc1[C@H](O)[C@H]3NCC2. The Morgan fingerprint density at radius 2 is 2.00 bits per heavy atom. The molecule has 4 nitrogen and oxygen atoms in total. The summed E-state index contributed by atoms with van der Waals surface area (Å²) in [7, 11) is 3.33. The molecule has 2 aromatic rings. The minimum atomic E-state index is -0.541. The third-order valence-corrected chi connectivity index (χ3v) is 4.73. The molecule has 0 saturated carbocycles. The maximum absolute atomic E-state index is 10.8. The van der Waals surface area contributed by atoms with Crippen LogP contribution in [0.25, 0.3) is 11.1 Å². The molecular formula is C18H19NO3. The maximum Gasteiger partial charge on any atom is 0.168 e. The quantitative estimate of drug-likeness (QED) is 0.894. The highest BCUT2D eigenvalue weighted by Crippen LogP contribution is 2.53. The van der Waals surface area contributed by atoms with Gasteiger partial charge in [0.15, 0.2) is 11.5 Å². The van der Waals surface area contributed by atoms with E-state index in [9.17, 15) is 5.11 Å². The number of fused-ring (bicyclic) bond motifs is 2. The van der Waals surface area contributed by atoms with Crippen LogP contribution in [-0.4, -0.2) is 25.9 Å². The molecule has 2 aliphatic rings.